The van der Waals surface area contributed by atoms with E-state index in [4.69, 9.17) is 10.5 Å². The highest BCUT2D eigenvalue weighted by Crippen LogP contribution is 2.16. The van der Waals surface area contributed by atoms with E-state index in [0.717, 1.165) is 49.4 Å². The van der Waals surface area contributed by atoms with E-state index in [0.29, 0.717) is 6.61 Å². The first-order chi connectivity index (χ1) is 10.6. The van der Waals surface area contributed by atoms with Crippen LogP contribution in [0.3, 0.4) is 0 Å². The fraction of sp³-hybridized carbons (Fsp3) is 0.562. The van der Waals surface area contributed by atoms with E-state index in [2.05, 4.69) is 20.8 Å². The molecule has 1 atom stereocenters. The molecule has 2 rings (SSSR count). The predicted octanol–water partition coefficient (Wildman–Crippen LogP) is 1.71. The summed E-state index contributed by atoms with van der Waals surface area (Å²) in [6.07, 6.45) is 0.983. The number of carbonyl (C=O) groups is 1. The molecule has 1 unspecified atom stereocenters. The molecule has 5 nitrogen and oxygen atoms in total. The molecular formula is C16H24BrN3O2. The number of benzene rings is 1. The highest BCUT2D eigenvalue weighted by atomic mass is 79.9. The Morgan fingerprint density at radius 2 is 1.91 bits per heavy atom. The second-order valence-corrected chi connectivity index (χ2v) is 6.53. The minimum absolute atomic E-state index is 0.0539. The van der Waals surface area contributed by atoms with Crippen LogP contribution in [-0.4, -0.2) is 61.1 Å². The van der Waals surface area contributed by atoms with Crippen molar-refractivity contribution in [3.05, 3.63) is 28.7 Å². The number of hydrogen-bond acceptors (Lipinski definition) is 4. The van der Waals surface area contributed by atoms with Crippen LogP contribution in [0, 0.1) is 0 Å². The first-order valence-corrected chi connectivity index (χ1v) is 8.50. The van der Waals surface area contributed by atoms with Gasteiger partial charge in [0.15, 0.2) is 0 Å². The number of halogens is 1. The summed E-state index contributed by atoms with van der Waals surface area (Å²) in [5, 5.41) is 0. The molecule has 1 saturated heterocycles. The molecule has 1 aromatic rings. The monoisotopic (exact) mass is 369 g/mol. The lowest BCUT2D eigenvalue weighted by molar-refractivity contribution is -0.133. The maximum absolute atomic E-state index is 11.8. The molecule has 1 fully saturated rings. The molecule has 1 aliphatic rings. The Balaban J connectivity index is 1.61. The van der Waals surface area contributed by atoms with Crippen molar-refractivity contribution in [1.29, 1.82) is 0 Å². The molecule has 0 radical (unpaired) electrons. The van der Waals surface area contributed by atoms with Crippen molar-refractivity contribution in [2.24, 2.45) is 5.73 Å². The maximum Gasteiger partial charge on any atom is 0.239 e. The third-order valence-electron chi connectivity index (χ3n) is 3.77. The van der Waals surface area contributed by atoms with Gasteiger partial charge in [-0.25, -0.2) is 0 Å². The lowest BCUT2D eigenvalue weighted by Crippen LogP contribution is -2.52. The summed E-state index contributed by atoms with van der Waals surface area (Å²) in [6.45, 7) is 6.82. The van der Waals surface area contributed by atoms with Gasteiger partial charge in [0.25, 0.3) is 0 Å². The summed E-state index contributed by atoms with van der Waals surface area (Å²) >= 11 is 3.41. The van der Waals surface area contributed by atoms with Crippen molar-refractivity contribution >= 4 is 21.8 Å². The third-order valence-corrected chi connectivity index (χ3v) is 4.30. The molecule has 1 aromatic carbocycles. The summed E-state index contributed by atoms with van der Waals surface area (Å²) < 4.78 is 6.77. The molecule has 0 aliphatic carbocycles. The molecule has 122 valence electrons. The molecule has 22 heavy (non-hydrogen) atoms. The van der Waals surface area contributed by atoms with Gasteiger partial charge < -0.3 is 15.4 Å². The molecule has 0 spiro atoms. The Morgan fingerprint density at radius 3 is 2.50 bits per heavy atom. The Labute approximate surface area is 140 Å². The summed E-state index contributed by atoms with van der Waals surface area (Å²) in [5.41, 5.74) is 5.64. The Kier molecular flexibility index (Phi) is 6.67. The molecule has 0 bridgehead atoms. The second-order valence-electron chi connectivity index (χ2n) is 5.61. The quantitative estimate of drug-likeness (QED) is 0.775. The molecular weight excluding hydrogens is 346 g/mol. The minimum Gasteiger partial charge on any atom is -0.494 e. The Morgan fingerprint density at radius 1 is 1.27 bits per heavy atom. The van der Waals surface area contributed by atoms with Crippen molar-refractivity contribution in [2.75, 3.05) is 39.3 Å². The van der Waals surface area contributed by atoms with E-state index < -0.39 is 6.04 Å². The van der Waals surface area contributed by atoms with Gasteiger partial charge in [0.2, 0.25) is 5.91 Å². The van der Waals surface area contributed by atoms with Crippen LogP contribution in [0.1, 0.15) is 13.3 Å². The maximum atomic E-state index is 11.8. The fourth-order valence-electron chi connectivity index (χ4n) is 2.49. The average Bonchev–Trinajstić information content (AvgIpc) is 2.53. The standard InChI is InChI=1S/C16H24BrN3O2/c1-13(18)16(21)20-10-8-19(9-11-20)7-2-12-22-15-5-3-14(17)4-6-15/h3-6,13H,2,7-12,18H2,1H3. The van der Waals surface area contributed by atoms with Crippen molar-refractivity contribution in [3.8, 4) is 5.75 Å². The highest BCUT2D eigenvalue weighted by molar-refractivity contribution is 9.10. The van der Waals surface area contributed by atoms with Crippen LogP contribution in [0.4, 0.5) is 0 Å². The normalized spacial score (nSPS) is 17.3. The molecule has 1 amide bonds. The third kappa shape index (κ3) is 5.26. The van der Waals surface area contributed by atoms with E-state index in [1.807, 2.05) is 29.2 Å². The summed E-state index contributed by atoms with van der Waals surface area (Å²) in [5.74, 6) is 0.953. The Hall–Kier alpha value is -1.11. The van der Waals surface area contributed by atoms with Crippen molar-refractivity contribution in [2.45, 2.75) is 19.4 Å². The van der Waals surface area contributed by atoms with Gasteiger partial charge in [-0.2, -0.15) is 0 Å². The van der Waals surface area contributed by atoms with Crippen LogP contribution in [0.2, 0.25) is 0 Å². The number of ether oxygens (including phenoxy) is 1. The highest BCUT2D eigenvalue weighted by Gasteiger charge is 2.22. The molecule has 6 heteroatoms. The fourth-order valence-corrected chi connectivity index (χ4v) is 2.75. The van der Waals surface area contributed by atoms with E-state index in [1.165, 1.54) is 0 Å². The number of rotatable bonds is 6. The number of nitrogens with zero attached hydrogens (tertiary/aromatic N) is 2. The number of amides is 1. The van der Waals surface area contributed by atoms with Crippen LogP contribution in [0.25, 0.3) is 0 Å². The summed E-state index contributed by atoms with van der Waals surface area (Å²) in [6, 6.07) is 7.48. The first-order valence-electron chi connectivity index (χ1n) is 7.71. The van der Waals surface area contributed by atoms with E-state index in [1.54, 1.807) is 6.92 Å². The number of hydrogen-bond donors (Lipinski definition) is 1. The van der Waals surface area contributed by atoms with Gasteiger partial charge in [-0.05, 0) is 37.6 Å². The SMILES string of the molecule is CC(N)C(=O)N1CCN(CCCOc2ccc(Br)cc2)CC1. The van der Waals surface area contributed by atoms with Crippen molar-refractivity contribution in [1.82, 2.24) is 9.80 Å². The van der Waals surface area contributed by atoms with E-state index in [-0.39, 0.29) is 5.91 Å². The lowest BCUT2D eigenvalue weighted by atomic mass is 10.2. The van der Waals surface area contributed by atoms with Gasteiger partial charge in [0.1, 0.15) is 5.75 Å². The number of carbonyl (C=O) groups excluding carboxylic acids is 1. The number of piperazine rings is 1. The number of nitrogens with two attached hydrogens (primary N) is 1. The topological polar surface area (TPSA) is 58.8 Å². The zero-order valence-corrected chi connectivity index (χ0v) is 14.6. The second kappa shape index (κ2) is 8.50. The van der Waals surface area contributed by atoms with Gasteiger partial charge in [0, 0.05) is 37.2 Å². The average molecular weight is 370 g/mol. The predicted molar refractivity (Wildman–Crippen MR) is 90.9 cm³/mol. The lowest BCUT2D eigenvalue weighted by Gasteiger charge is -2.35. The largest absolute Gasteiger partial charge is 0.494 e. The zero-order valence-electron chi connectivity index (χ0n) is 13.0. The molecule has 2 N–H and O–H groups in total. The molecule has 0 aromatic heterocycles. The Bertz CT molecular complexity index is 471. The van der Waals surface area contributed by atoms with Crippen molar-refractivity contribution in [3.63, 3.8) is 0 Å². The zero-order chi connectivity index (χ0) is 15.9. The molecule has 0 saturated carbocycles. The van der Waals surface area contributed by atoms with Gasteiger partial charge in [-0.3, -0.25) is 9.69 Å². The van der Waals surface area contributed by atoms with E-state index >= 15 is 0 Å². The van der Waals surface area contributed by atoms with Crippen LogP contribution in [-0.2, 0) is 4.79 Å². The van der Waals surface area contributed by atoms with Crippen LogP contribution < -0.4 is 10.5 Å². The van der Waals surface area contributed by atoms with Gasteiger partial charge in [-0.1, -0.05) is 15.9 Å². The van der Waals surface area contributed by atoms with E-state index in [9.17, 15) is 4.79 Å². The summed E-state index contributed by atoms with van der Waals surface area (Å²) in [4.78, 5) is 16.0. The molecule has 1 heterocycles. The summed E-state index contributed by atoms with van der Waals surface area (Å²) in [7, 11) is 0. The van der Waals surface area contributed by atoms with Gasteiger partial charge in [-0.15, -0.1) is 0 Å². The van der Waals surface area contributed by atoms with Gasteiger partial charge >= 0.3 is 0 Å². The minimum atomic E-state index is -0.397. The smallest absolute Gasteiger partial charge is 0.239 e. The first kappa shape index (κ1) is 17.2. The van der Waals surface area contributed by atoms with Gasteiger partial charge in [0.05, 0.1) is 12.6 Å². The van der Waals surface area contributed by atoms with Crippen LogP contribution >= 0.6 is 15.9 Å². The van der Waals surface area contributed by atoms with Crippen molar-refractivity contribution < 1.29 is 9.53 Å². The van der Waals surface area contributed by atoms with Crippen LogP contribution in [0.5, 0.6) is 5.75 Å². The van der Waals surface area contributed by atoms with Crippen LogP contribution in [0.15, 0.2) is 28.7 Å². The molecule has 1 aliphatic heterocycles.